The first-order valence-electron chi connectivity index (χ1n) is 7.97. The zero-order valence-corrected chi connectivity index (χ0v) is 16.0. The number of rotatable bonds is 5. The molecular weight excluding hydrogens is 376 g/mol. The smallest absolute Gasteiger partial charge is 0.259 e. The second-order valence-corrected chi connectivity index (χ2v) is 7.79. The minimum absolute atomic E-state index is 0. The van der Waals surface area contributed by atoms with Gasteiger partial charge < -0.3 is 10.3 Å². The van der Waals surface area contributed by atoms with Gasteiger partial charge in [-0.25, -0.2) is 4.98 Å². The normalized spacial score (nSPS) is 15.9. The lowest BCUT2D eigenvalue weighted by Crippen LogP contribution is -2.34. The van der Waals surface area contributed by atoms with E-state index in [4.69, 9.17) is 10.3 Å². The maximum atomic E-state index is 6.44. The van der Waals surface area contributed by atoms with Crippen molar-refractivity contribution in [1.29, 1.82) is 0 Å². The number of nitrogens with zero attached hydrogens (tertiary/aromatic N) is 3. The van der Waals surface area contributed by atoms with Crippen molar-refractivity contribution in [1.82, 2.24) is 15.1 Å². The van der Waals surface area contributed by atoms with Crippen LogP contribution in [0.1, 0.15) is 37.2 Å². The number of hydrogen-bond acceptors (Lipinski definition) is 7. The van der Waals surface area contributed by atoms with Crippen LogP contribution in [0.2, 0.25) is 0 Å². The first-order chi connectivity index (χ1) is 11.7. The van der Waals surface area contributed by atoms with Crippen molar-refractivity contribution in [3.05, 3.63) is 46.7 Å². The third-order valence-corrected chi connectivity index (χ3v) is 6.09. The topological polar surface area (TPSA) is 77.8 Å². The minimum atomic E-state index is -0.426. The van der Waals surface area contributed by atoms with Crippen LogP contribution in [0.4, 0.5) is 0 Å². The van der Waals surface area contributed by atoms with Crippen LogP contribution in [0.15, 0.2) is 44.6 Å². The zero-order valence-electron chi connectivity index (χ0n) is 13.6. The van der Waals surface area contributed by atoms with Gasteiger partial charge in [0, 0.05) is 16.0 Å². The zero-order chi connectivity index (χ0) is 16.4. The third kappa shape index (κ3) is 3.89. The van der Waals surface area contributed by atoms with E-state index in [1.54, 1.807) is 23.1 Å². The highest BCUT2D eigenvalue weighted by Gasteiger charge is 2.36. The SMILES string of the molecule is Cl.NC1(c2noc(-c3ccccc3SCc3cscn3)n2)CCCC1. The predicted molar refractivity (Wildman–Crippen MR) is 103 cm³/mol. The Morgan fingerprint density at radius 3 is 2.80 bits per heavy atom. The summed E-state index contributed by atoms with van der Waals surface area (Å²) in [6.07, 6.45) is 4.10. The Labute approximate surface area is 160 Å². The molecule has 1 saturated carbocycles. The highest BCUT2D eigenvalue weighted by molar-refractivity contribution is 7.98. The largest absolute Gasteiger partial charge is 0.334 e. The van der Waals surface area contributed by atoms with E-state index in [9.17, 15) is 0 Å². The molecule has 4 rings (SSSR count). The van der Waals surface area contributed by atoms with E-state index in [1.807, 2.05) is 23.7 Å². The van der Waals surface area contributed by atoms with Crippen molar-refractivity contribution in [2.24, 2.45) is 5.73 Å². The molecule has 0 atom stereocenters. The van der Waals surface area contributed by atoms with Crippen LogP contribution >= 0.6 is 35.5 Å². The van der Waals surface area contributed by atoms with Crippen LogP contribution in [-0.2, 0) is 11.3 Å². The number of halogens is 1. The van der Waals surface area contributed by atoms with Crippen molar-refractivity contribution in [3.8, 4) is 11.5 Å². The lowest BCUT2D eigenvalue weighted by Gasteiger charge is -2.17. The van der Waals surface area contributed by atoms with Crippen LogP contribution in [0.3, 0.4) is 0 Å². The standard InChI is InChI=1S/C17H18N4OS2.ClH/c18-17(7-3-4-8-17)16-20-15(22-21-16)13-5-1-2-6-14(13)24-10-12-9-23-11-19-12;/h1-2,5-6,9,11H,3-4,7-8,10,18H2;1H. The molecular formula is C17H19ClN4OS2. The van der Waals surface area contributed by atoms with Gasteiger partial charge in [0.05, 0.1) is 22.3 Å². The second kappa shape index (κ2) is 7.86. The van der Waals surface area contributed by atoms with E-state index in [2.05, 4.69) is 26.6 Å². The summed E-state index contributed by atoms with van der Waals surface area (Å²) in [5, 5.41) is 6.23. The van der Waals surface area contributed by atoms with Gasteiger partial charge in [-0.05, 0) is 25.0 Å². The van der Waals surface area contributed by atoms with Gasteiger partial charge in [0.15, 0.2) is 5.82 Å². The summed E-state index contributed by atoms with van der Waals surface area (Å²) < 4.78 is 5.54. The molecule has 1 aliphatic carbocycles. The number of benzene rings is 1. The molecule has 0 saturated heterocycles. The first-order valence-corrected chi connectivity index (χ1v) is 9.90. The molecule has 0 bridgehead atoms. The van der Waals surface area contributed by atoms with Gasteiger partial charge in [0.25, 0.3) is 5.89 Å². The highest BCUT2D eigenvalue weighted by atomic mass is 35.5. The minimum Gasteiger partial charge on any atom is -0.334 e. The molecule has 132 valence electrons. The van der Waals surface area contributed by atoms with Crippen LogP contribution in [0.25, 0.3) is 11.5 Å². The van der Waals surface area contributed by atoms with Crippen LogP contribution in [-0.4, -0.2) is 15.1 Å². The first kappa shape index (κ1) is 18.4. The fourth-order valence-corrected chi connectivity index (χ4v) is 4.61. The summed E-state index contributed by atoms with van der Waals surface area (Å²) >= 11 is 3.34. The maximum absolute atomic E-state index is 6.44. The summed E-state index contributed by atoms with van der Waals surface area (Å²) in [4.78, 5) is 10.0. The Kier molecular flexibility index (Phi) is 5.78. The van der Waals surface area contributed by atoms with E-state index in [1.165, 1.54) is 0 Å². The molecule has 2 heterocycles. The van der Waals surface area contributed by atoms with E-state index in [0.29, 0.717) is 11.7 Å². The molecule has 2 aromatic heterocycles. The predicted octanol–water partition coefficient (Wildman–Crippen LogP) is 4.64. The summed E-state index contributed by atoms with van der Waals surface area (Å²) in [7, 11) is 0. The Morgan fingerprint density at radius 1 is 1.24 bits per heavy atom. The van der Waals surface area contributed by atoms with Gasteiger partial charge in [0.2, 0.25) is 0 Å². The molecule has 1 aliphatic rings. The molecule has 0 amide bonds. The molecule has 8 heteroatoms. The second-order valence-electron chi connectivity index (χ2n) is 6.05. The Morgan fingerprint density at radius 2 is 2.04 bits per heavy atom. The molecule has 25 heavy (non-hydrogen) atoms. The number of aromatic nitrogens is 3. The van der Waals surface area contributed by atoms with Gasteiger partial charge in [-0.15, -0.1) is 35.5 Å². The third-order valence-electron chi connectivity index (χ3n) is 4.34. The van der Waals surface area contributed by atoms with Gasteiger partial charge in [-0.2, -0.15) is 4.98 Å². The molecule has 0 spiro atoms. The van der Waals surface area contributed by atoms with Crippen LogP contribution < -0.4 is 5.73 Å². The van der Waals surface area contributed by atoms with Gasteiger partial charge in [0.1, 0.15) is 0 Å². The van der Waals surface area contributed by atoms with Crippen LogP contribution in [0, 0.1) is 0 Å². The van der Waals surface area contributed by atoms with E-state index in [0.717, 1.165) is 47.6 Å². The average molecular weight is 395 g/mol. The number of thioether (sulfide) groups is 1. The van der Waals surface area contributed by atoms with Crippen molar-refractivity contribution >= 4 is 35.5 Å². The fraction of sp³-hybridized carbons (Fsp3) is 0.353. The molecule has 1 aromatic carbocycles. The van der Waals surface area contributed by atoms with E-state index < -0.39 is 5.54 Å². The van der Waals surface area contributed by atoms with Gasteiger partial charge in [-0.1, -0.05) is 30.1 Å². The number of thiazole rings is 1. The molecule has 5 nitrogen and oxygen atoms in total. The molecule has 0 radical (unpaired) electrons. The average Bonchev–Trinajstić information content (AvgIpc) is 3.35. The van der Waals surface area contributed by atoms with Crippen molar-refractivity contribution in [2.75, 3.05) is 0 Å². The van der Waals surface area contributed by atoms with Crippen molar-refractivity contribution in [3.63, 3.8) is 0 Å². The Bertz CT molecular complexity index is 816. The molecule has 2 N–H and O–H groups in total. The molecule has 0 unspecified atom stereocenters. The number of hydrogen-bond donors (Lipinski definition) is 1. The van der Waals surface area contributed by atoms with Crippen LogP contribution in [0.5, 0.6) is 0 Å². The van der Waals surface area contributed by atoms with E-state index in [-0.39, 0.29) is 12.4 Å². The summed E-state index contributed by atoms with van der Waals surface area (Å²) in [5.41, 5.74) is 9.90. The monoisotopic (exact) mass is 394 g/mol. The Balaban J connectivity index is 0.00000182. The lowest BCUT2D eigenvalue weighted by molar-refractivity contribution is 0.372. The molecule has 0 aliphatic heterocycles. The summed E-state index contributed by atoms with van der Waals surface area (Å²) in [5.74, 6) is 2.00. The van der Waals surface area contributed by atoms with E-state index >= 15 is 0 Å². The van der Waals surface area contributed by atoms with Crippen molar-refractivity contribution < 1.29 is 4.52 Å². The molecule has 3 aromatic rings. The lowest BCUT2D eigenvalue weighted by atomic mass is 9.99. The number of nitrogens with two attached hydrogens (primary N) is 1. The van der Waals surface area contributed by atoms with Gasteiger partial charge in [-0.3, -0.25) is 0 Å². The quantitative estimate of drug-likeness (QED) is 0.635. The highest BCUT2D eigenvalue weighted by Crippen LogP contribution is 2.37. The molecule has 1 fully saturated rings. The summed E-state index contributed by atoms with van der Waals surface area (Å²) in [6.45, 7) is 0. The Hall–Kier alpha value is -1.41. The van der Waals surface area contributed by atoms with Gasteiger partial charge >= 0.3 is 0 Å². The maximum Gasteiger partial charge on any atom is 0.259 e. The fourth-order valence-electron chi connectivity index (χ4n) is 2.99. The summed E-state index contributed by atoms with van der Waals surface area (Å²) in [6, 6.07) is 8.09. The van der Waals surface area contributed by atoms with Crippen molar-refractivity contribution in [2.45, 2.75) is 41.9 Å².